The molecule has 1 aliphatic carbocycles. The second-order valence-electron chi connectivity index (χ2n) is 3.97. The summed E-state index contributed by atoms with van der Waals surface area (Å²) in [6.45, 7) is 1.08. The number of hydrogen-bond donors (Lipinski definition) is 0. The van der Waals surface area contributed by atoms with E-state index < -0.39 is 0 Å². The second-order valence-corrected chi connectivity index (χ2v) is 3.97. The second kappa shape index (κ2) is 5.64. The lowest BCUT2D eigenvalue weighted by molar-refractivity contribution is -0.114. The number of ketones is 1. The monoisotopic (exact) mass is 232 g/mol. The van der Waals surface area contributed by atoms with Crippen LogP contribution in [0.2, 0.25) is 0 Å². The van der Waals surface area contributed by atoms with Crippen LogP contribution in [0, 0.1) is 0 Å². The van der Waals surface area contributed by atoms with Crippen molar-refractivity contribution in [3.63, 3.8) is 0 Å². The summed E-state index contributed by atoms with van der Waals surface area (Å²) in [5.41, 5.74) is 2.09. The molecule has 3 heteroatoms. The molecule has 0 bridgehead atoms. The standard InChI is InChI=1S/C14H16O3/c1-16-8-9-17-14-5-3-2-4-13(14)11-6-7-12(15)10-11/h2-5,10H,6-9H2,1H3. The summed E-state index contributed by atoms with van der Waals surface area (Å²) in [7, 11) is 1.65. The Labute approximate surface area is 101 Å². The van der Waals surface area contributed by atoms with Crippen LogP contribution in [0.25, 0.3) is 5.57 Å². The van der Waals surface area contributed by atoms with Crippen molar-refractivity contribution in [2.75, 3.05) is 20.3 Å². The van der Waals surface area contributed by atoms with E-state index in [0.29, 0.717) is 19.6 Å². The molecule has 0 amide bonds. The molecular weight excluding hydrogens is 216 g/mol. The van der Waals surface area contributed by atoms with Gasteiger partial charge in [0, 0.05) is 19.1 Å². The Morgan fingerprint density at radius 2 is 2.00 bits per heavy atom. The van der Waals surface area contributed by atoms with Gasteiger partial charge in [0.05, 0.1) is 6.61 Å². The first-order valence-corrected chi connectivity index (χ1v) is 5.76. The van der Waals surface area contributed by atoms with Crippen molar-refractivity contribution in [1.29, 1.82) is 0 Å². The summed E-state index contributed by atoms with van der Waals surface area (Å²) in [6.07, 6.45) is 3.14. The lowest BCUT2D eigenvalue weighted by Crippen LogP contribution is -2.05. The topological polar surface area (TPSA) is 35.5 Å². The molecule has 17 heavy (non-hydrogen) atoms. The van der Waals surface area contributed by atoms with Crippen LogP contribution in [-0.2, 0) is 9.53 Å². The normalized spacial score (nSPS) is 14.9. The molecular formula is C14H16O3. The van der Waals surface area contributed by atoms with Gasteiger partial charge in [0.25, 0.3) is 0 Å². The first-order valence-electron chi connectivity index (χ1n) is 5.76. The van der Waals surface area contributed by atoms with E-state index >= 15 is 0 Å². The molecule has 0 aliphatic heterocycles. The number of allylic oxidation sites excluding steroid dienone is 2. The Hall–Kier alpha value is -1.61. The average molecular weight is 232 g/mol. The number of benzene rings is 1. The molecule has 0 saturated carbocycles. The highest BCUT2D eigenvalue weighted by atomic mass is 16.5. The van der Waals surface area contributed by atoms with Crippen LogP contribution < -0.4 is 4.74 Å². The van der Waals surface area contributed by atoms with E-state index in [1.54, 1.807) is 13.2 Å². The molecule has 0 spiro atoms. The lowest BCUT2D eigenvalue weighted by Gasteiger charge is -2.11. The minimum absolute atomic E-state index is 0.201. The molecule has 0 radical (unpaired) electrons. The van der Waals surface area contributed by atoms with Gasteiger partial charge in [-0.3, -0.25) is 4.79 Å². The fraction of sp³-hybridized carbons (Fsp3) is 0.357. The molecule has 2 rings (SSSR count). The van der Waals surface area contributed by atoms with E-state index in [-0.39, 0.29) is 5.78 Å². The predicted molar refractivity (Wildman–Crippen MR) is 66.0 cm³/mol. The summed E-state index contributed by atoms with van der Waals surface area (Å²) >= 11 is 0. The molecule has 0 aromatic heterocycles. The number of rotatable bonds is 5. The molecule has 1 aromatic rings. The highest BCUT2D eigenvalue weighted by Crippen LogP contribution is 2.32. The summed E-state index contributed by atoms with van der Waals surface area (Å²) in [6, 6.07) is 7.81. The van der Waals surface area contributed by atoms with Crippen molar-refractivity contribution in [2.24, 2.45) is 0 Å². The number of methoxy groups -OCH3 is 1. The van der Waals surface area contributed by atoms with Gasteiger partial charge in [0.1, 0.15) is 12.4 Å². The van der Waals surface area contributed by atoms with E-state index in [9.17, 15) is 4.79 Å². The third kappa shape index (κ3) is 2.94. The third-order valence-electron chi connectivity index (χ3n) is 2.75. The molecule has 0 heterocycles. The Balaban J connectivity index is 2.16. The summed E-state index contributed by atoms with van der Waals surface area (Å²) in [4.78, 5) is 11.3. The maximum Gasteiger partial charge on any atom is 0.156 e. The lowest BCUT2D eigenvalue weighted by atomic mass is 10.0. The molecule has 0 unspecified atom stereocenters. The van der Waals surface area contributed by atoms with Crippen molar-refractivity contribution in [2.45, 2.75) is 12.8 Å². The van der Waals surface area contributed by atoms with Gasteiger partial charge < -0.3 is 9.47 Å². The van der Waals surface area contributed by atoms with Crippen molar-refractivity contribution < 1.29 is 14.3 Å². The van der Waals surface area contributed by atoms with Gasteiger partial charge in [-0.2, -0.15) is 0 Å². The van der Waals surface area contributed by atoms with Crippen LogP contribution in [0.4, 0.5) is 0 Å². The third-order valence-corrected chi connectivity index (χ3v) is 2.75. The van der Waals surface area contributed by atoms with E-state index in [2.05, 4.69) is 0 Å². The van der Waals surface area contributed by atoms with E-state index in [4.69, 9.17) is 9.47 Å². The maximum atomic E-state index is 11.3. The number of hydrogen-bond acceptors (Lipinski definition) is 3. The first kappa shape index (κ1) is 11.9. The van der Waals surface area contributed by atoms with Crippen LogP contribution in [0.15, 0.2) is 30.3 Å². The van der Waals surface area contributed by atoms with Gasteiger partial charge in [-0.1, -0.05) is 18.2 Å². The van der Waals surface area contributed by atoms with Crippen molar-refractivity contribution >= 4 is 11.4 Å². The Kier molecular flexibility index (Phi) is 3.94. The van der Waals surface area contributed by atoms with Gasteiger partial charge in [-0.15, -0.1) is 0 Å². The summed E-state index contributed by atoms with van der Waals surface area (Å²) in [5, 5.41) is 0. The fourth-order valence-corrected chi connectivity index (χ4v) is 1.90. The van der Waals surface area contributed by atoms with Crippen molar-refractivity contribution in [1.82, 2.24) is 0 Å². The Bertz CT molecular complexity index is 435. The molecule has 0 saturated heterocycles. The zero-order valence-electron chi connectivity index (χ0n) is 9.94. The van der Waals surface area contributed by atoms with Crippen LogP contribution in [0.5, 0.6) is 5.75 Å². The SMILES string of the molecule is COCCOc1ccccc1C1=CC(=O)CC1. The number of ether oxygens (including phenoxy) is 2. The fourth-order valence-electron chi connectivity index (χ4n) is 1.90. The highest BCUT2D eigenvalue weighted by Gasteiger charge is 2.16. The number of carbonyl (C=O) groups is 1. The van der Waals surface area contributed by atoms with Gasteiger partial charge in [0.15, 0.2) is 5.78 Å². The van der Waals surface area contributed by atoms with Crippen LogP contribution >= 0.6 is 0 Å². The zero-order chi connectivity index (χ0) is 12.1. The summed E-state index contributed by atoms with van der Waals surface area (Å²) < 4.78 is 10.6. The maximum absolute atomic E-state index is 11.3. The highest BCUT2D eigenvalue weighted by molar-refractivity contribution is 6.02. The zero-order valence-corrected chi connectivity index (χ0v) is 9.94. The van der Waals surface area contributed by atoms with E-state index in [0.717, 1.165) is 23.3 Å². The molecule has 0 fully saturated rings. The van der Waals surface area contributed by atoms with Gasteiger partial charge in [-0.05, 0) is 24.1 Å². The quantitative estimate of drug-likeness (QED) is 0.731. The largest absolute Gasteiger partial charge is 0.491 e. The molecule has 1 aliphatic rings. The Morgan fingerprint density at radius 1 is 1.18 bits per heavy atom. The number of carbonyl (C=O) groups excluding carboxylic acids is 1. The average Bonchev–Trinajstić information content (AvgIpc) is 2.77. The van der Waals surface area contributed by atoms with E-state index in [1.807, 2.05) is 24.3 Å². The molecule has 0 N–H and O–H groups in total. The van der Waals surface area contributed by atoms with Gasteiger partial charge >= 0.3 is 0 Å². The van der Waals surface area contributed by atoms with Gasteiger partial charge in [-0.25, -0.2) is 0 Å². The molecule has 1 aromatic carbocycles. The number of para-hydroxylation sites is 1. The Morgan fingerprint density at radius 3 is 2.71 bits per heavy atom. The van der Waals surface area contributed by atoms with Crippen molar-refractivity contribution in [3.05, 3.63) is 35.9 Å². The minimum atomic E-state index is 0.201. The molecule has 90 valence electrons. The predicted octanol–water partition coefficient (Wildman–Crippen LogP) is 2.46. The van der Waals surface area contributed by atoms with Gasteiger partial charge in [0.2, 0.25) is 0 Å². The first-order chi connectivity index (χ1) is 8.31. The van der Waals surface area contributed by atoms with Crippen LogP contribution in [-0.4, -0.2) is 26.1 Å². The molecule has 3 nitrogen and oxygen atoms in total. The van der Waals surface area contributed by atoms with Crippen molar-refractivity contribution in [3.8, 4) is 5.75 Å². The van der Waals surface area contributed by atoms with E-state index in [1.165, 1.54) is 0 Å². The smallest absolute Gasteiger partial charge is 0.156 e. The summed E-state index contributed by atoms with van der Waals surface area (Å²) in [5.74, 6) is 1.03. The van der Waals surface area contributed by atoms with Crippen LogP contribution in [0.1, 0.15) is 18.4 Å². The molecule has 0 atom stereocenters. The van der Waals surface area contributed by atoms with Crippen LogP contribution in [0.3, 0.4) is 0 Å². The minimum Gasteiger partial charge on any atom is -0.491 e.